The van der Waals surface area contributed by atoms with E-state index < -0.39 is 0 Å². The Hall–Kier alpha value is -1.06. The largest absolute Gasteiger partial charge is 0.326 e. The number of aromatic nitrogens is 2. The first kappa shape index (κ1) is 8.53. The summed E-state index contributed by atoms with van der Waals surface area (Å²) in [6.45, 7) is 2.42. The normalized spacial score (nSPS) is 11.0. The van der Waals surface area contributed by atoms with E-state index in [2.05, 4.69) is 10.2 Å². The molecule has 0 fully saturated rings. The molecule has 3 N–H and O–H groups in total. The lowest BCUT2D eigenvalue weighted by molar-refractivity contribution is 1.04. The van der Waals surface area contributed by atoms with Gasteiger partial charge in [0, 0.05) is 22.6 Å². The second-order valence-corrected chi connectivity index (χ2v) is 3.45. The fraction of sp³-hybridized carbons (Fsp3) is 0.222. The van der Waals surface area contributed by atoms with Crippen LogP contribution >= 0.6 is 11.6 Å². The molecule has 4 heteroatoms. The van der Waals surface area contributed by atoms with E-state index in [1.54, 1.807) is 0 Å². The Morgan fingerprint density at radius 2 is 2.31 bits per heavy atom. The van der Waals surface area contributed by atoms with Crippen LogP contribution in [0, 0.1) is 6.92 Å². The molecule has 0 amide bonds. The second-order valence-electron chi connectivity index (χ2n) is 3.01. The Balaban J connectivity index is 2.84. The minimum atomic E-state index is 0.460. The third kappa shape index (κ3) is 1.30. The molecule has 0 saturated heterocycles. The molecule has 1 aromatic carbocycles. The smallest absolute Gasteiger partial charge is 0.0969 e. The van der Waals surface area contributed by atoms with Gasteiger partial charge in [-0.15, -0.1) is 0 Å². The molecular formula is C9H10ClN3. The van der Waals surface area contributed by atoms with Gasteiger partial charge in [-0.2, -0.15) is 5.10 Å². The van der Waals surface area contributed by atoms with Crippen molar-refractivity contribution in [1.29, 1.82) is 0 Å². The Kier molecular flexibility index (Phi) is 1.98. The average Bonchev–Trinajstić information content (AvgIpc) is 2.47. The van der Waals surface area contributed by atoms with Crippen molar-refractivity contribution in [2.24, 2.45) is 5.73 Å². The topological polar surface area (TPSA) is 54.7 Å². The first-order valence-corrected chi connectivity index (χ1v) is 4.43. The van der Waals surface area contributed by atoms with E-state index in [-0.39, 0.29) is 0 Å². The lowest BCUT2D eigenvalue weighted by Crippen LogP contribution is -1.97. The predicted molar refractivity (Wildman–Crippen MR) is 53.7 cm³/mol. The number of aryl methyl sites for hydroxylation is 1. The van der Waals surface area contributed by atoms with Crippen molar-refractivity contribution in [2.75, 3.05) is 0 Å². The number of nitrogens with zero attached hydrogens (tertiary/aromatic N) is 1. The summed E-state index contributed by atoms with van der Waals surface area (Å²) in [5.41, 5.74) is 8.50. The molecule has 1 aromatic heterocycles. The molecule has 0 aliphatic rings. The van der Waals surface area contributed by atoms with Crippen LogP contribution in [0.2, 0.25) is 5.02 Å². The van der Waals surface area contributed by atoms with Crippen molar-refractivity contribution in [3.63, 3.8) is 0 Å². The summed E-state index contributed by atoms with van der Waals surface area (Å²) >= 11 is 5.93. The number of fused-ring (bicyclic) bond motifs is 1. The standard InChI is InChI=1S/C9H10ClN3/c1-5-8-3-7(10)2-6(4-11)9(8)13-12-5/h2-3H,4,11H2,1H3,(H,12,13). The summed E-state index contributed by atoms with van der Waals surface area (Å²) in [5, 5.41) is 8.84. The van der Waals surface area contributed by atoms with E-state index in [0.29, 0.717) is 11.6 Å². The molecule has 0 radical (unpaired) electrons. The number of nitrogens with two attached hydrogens (primary N) is 1. The van der Waals surface area contributed by atoms with E-state index in [1.807, 2.05) is 19.1 Å². The van der Waals surface area contributed by atoms with E-state index >= 15 is 0 Å². The SMILES string of the molecule is Cc1[nH]nc2c(CN)cc(Cl)cc12. The van der Waals surface area contributed by atoms with Crippen LogP contribution < -0.4 is 5.73 Å². The van der Waals surface area contributed by atoms with Crippen molar-refractivity contribution in [1.82, 2.24) is 10.2 Å². The summed E-state index contributed by atoms with van der Waals surface area (Å²) in [6.07, 6.45) is 0. The van der Waals surface area contributed by atoms with Gasteiger partial charge in [-0.3, -0.25) is 5.10 Å². The van der Waals surface area contributed by atoms with Crippen molar-refractivity contribution in [3.8, 4) is 0 Å². The third-order valence-corrected chi connectivity index (χ3v) is 2.33. The fourth-order valence-corrected chi connectivity index (χ4v) is 1.67. The number of nitrogens with one attached hydrogen (secondary N) is 1. The molecule has 0 aliphatic carbocycles. The minimum absolute atomic E-state index is 0.460. The van der Waals surface area contributed by atoms with E-state index in [0.717, 1.165) is 22.2 Å². The number of hydrogen-bond donors (Lipinski definition) is 2. The summed E-state index contributed by atoms with van der Waals surface area (Å²) in [4.78, 5) is 0. The minimum Gasteiger partial charge on any atom is -0.326 e. The second kappa shape index (κ2) is 3.01. The van der Waals surface area contributed by atoms with Gasteiger partial charge in [-0.25, -0.2) is 0 Å². The zero-order valence-electron chi connectivity index (χ0n) is 7.26. The van der Waals surface area contributed by atoms with Gasteiger partial charge in [0.1, 0.15) is 0 Å². The van der Waals surface area contributed by atoms with Gasteiger partial charge in [0.15, 0.2) is 0 Å². The Morgan fingerprint density at radius 1 is 1.54 bits per heavy atom. The first-order chi connectivity index (χ1) is 6.22. The molecular weight excluding hydrogens is 186 g/mol. The van der Waals surface area contributed by atoms with Crippen LogP contribution in [0.3, 0.4) is 0 Å². The Bertz CT molecular complexity index is 447. The van der Waals surface area contributed by atoms with E-state index in [9.17, 15) is 0 Å². The monoisotopic (exact) mass is 195 g/mol. The van der Waals surface area contributed by atoms with Gasteiger partial charge >= 0.3 is 0 Å². The lowest BCUT2D eigenvalue weighted by atomic mass is 10.1. The molecule has 68 valence electrons. The van der Waals surface area contributed by atoms with Crippen LogP contribution in [0.5, 0.6) is 0 Å². The summed E-state index contributed by atoms with van der Waals surface area (Å²) < 4.78 is 0. The Morgan fingerprint density at radius 3 is 3.00 bits per heavy atom. The molecule has 0 bridgehead atoms. The maximum Gasteiger partial charge on any atom is 0.0969 e. The van der Waals surface area contributed by atoms with Crippen LogP contribution in [0.15, 0.2) is 12.1 Å². The highest BCUT2D eigenvalue weighted by Gasteiger charge is 2.06. The molecule has 13 heavy (non-hydrogen) atoms. The van der Waals surface area contributed by atoms with Crippen LogP contribution in [0.4, 0.5) is 0 Å². The molecule has 0 saturated carbocycles. The number of H-pyrrole nitrogens is 1. The molecule has 2 rings (SSSR count). The van der Waals surface area contributed by atoms with Gasteiger partial charge in [0.25, 0.3) is 0 Å². The van der Waals surface area contributed by atoms with Gasteiger partial charge in [-0.1, -0.05) is 11.6 Å². The maximum atomic E-state index is 5.93. The highest BCUT2D eigenvalue weighted by atomic mass is 35.5. The van der Waals surface area contributed by atoms with Gasteiger partial charge < -0.3 is 5.73 Å². The molecule has 0 spiro atoms. The highest BCUT2D eigenvalue weighted by molar-refractivity contribution is 6.31. The molecule has 0 aliphatic heterocycles. The third-order valence-electron chi connectivity index (χ3n) is 2.11. The maximum absolute atomic E-state index is 5.93. The molecule has 2 aromatic rings. The highest BCUT2D eigenvalue weighted by Crippen LogP contribution is 2.23. The quantitative estimate of drug-likeness (QED) is 0.731. The molecule has 0 unspecified atom stereocenters. The number of rotatable bonds is 1. The predicted octanol–water partition coefficient (Wildman–Crippen LogP) is 1.98. The summed E-state index contributed by atoms with van der Waals surface area (Å²) in [6, 6.07) is 3.75. The van der Waals surface area contributed by atoms with Crippen LogP contribution in [0.25, 0.3) is 10.9 Å². The van der Waals surface area contributed by atoms with E-state index in [4.69, 9.17) is 17.3 Å². The van der Waals surface area contributed by atoms with Crippen molar-refractivity contribution in [2.45, 2.75) is 13.5 Å². The van der Waals surface area contributed by atoms with Crippen LogP contribution in [-0.2, 0) is 6.54 Å². The summed E-state index contributed by atoms with van der Waals surface area (Å²) in [5.74, 6) is 0. The summed E-state index contributed by atoms with van der Waals surface area (Å²) in [7, 11) is 0. The number of hydrogen-bond acceptors (Lipinski definition) is 2. The van der Waals surface area contributed by atoms with E-state index in [1.165, 1.54) is 0 Å². The van der Waals surface area contributed by atoms with Gasteiger partial charge in [0.2, 0.25) is 0 Å². The number of halogens is 1. The number of aromatic amines is 1. The zero-order chi connectivity index (χ0) is 9.42. The first-order valence-electron chi connectivity index (χ1n) is 4.05. The zero-order valence-corrected chi connectivity index (χ0v) is 8.02. The lowest BCUT2D eigenvalue weighted by Gasteiger charge is -1.99. The Labute approximate surface area is 80.9 Å². The molecule has 0 atom stereocenters. The number of benzene rings is 1. The van der Waals surface area contributed by atoms with Crippen LogP contribution in [0.1, 0.15) is 11.3 Å². The van der Waals surface area contributed by atoms with Crippen molar-refractivity contribution >= 4 is 22.5 Å². The van der Waals surface area contributed by atoms with Crippen molar-refractivity contribution < 1.29 is 0 Å². The molecule has 1 heterocycles. The van der Waals surface area contributed by atoms with Gasteiger partial charge in [0.05, 0.1) is 5.52 Å². The van der Waals surface area contributed by atoms with Crippen LogP contribution in [-0.4, -0.2) is 10.2 Å². The average molecular weight is 196 g/mol. The fourth-order valence-electron chi connectivity index (χ4n) is 1.43. The van der Waals surface area contributed by atoms with Gasteiger partial charge in [-0.05, 0) is 24.6 Å². The molecule has 3 nitrogen and oxygen atoms in total. The van der Waals surface area contributed by atoms with Crippen molar-refractivity contribution in [3.05, 3.63) is 28.4 Å².